The molecule has 0 aliphatic heterocycles. The molecule has 0 spiro atoms. The maximum absolute atomic E-state index is 12.3. The lowest BCUT2D eigenvalue weighted by Crippen LogP contribution is -2.39. The minimum absolute atomic E-state index is 0.242. The molecule has 2 N–H and O–H groups in total. The molecule has 3 atom stereocenters. The third-order valence-corrected chi connectivity index (χ3v) is 4.33. The molecule has 7 heteroatoms. The molecule has 1 saturated carbocycles. The van der Waals surface area contributed by atoms with Gasteiger partial charge < -0.3 is 24.3 Å². The van der Waals surface area contributed by atoms with E-state index in [4.69, 9.17) is 4.42 Å². The third kappa shape index (κ3) is 4.04. The maximum atomic E-state index is 12.3. The molecule has 0 bridgehead atoms. The summed E-state index contributed by atoms with van der Waals surface area (Å²) in [5.41, 5.74) is 0. The van der Waals surface area contributed by atoms with Gasteiger partial charge in [0.25, 0.3) is 5.91 Å². The first-order valence-electron chi connectivity index (χ1n) is 8.19. The number of hydrogen-bond donors (Lipinski definition) is 2. The van der Waals surface area contributed by atoms with Gasteiger partial charge in [0.05, 0.1) is 25.0 Å². The van der Waals surface area contributed by atoms with E-state index in [-0.39, 0.29) is 17.7 Å². The van der Waals surface area contributed by atoms with Crippen LogP contribution in [0.2, 0.25) is 0 Å². The van der Waals surface area contributed by atoms with Crippen LogP contribution in [0.5, 0.6) is 0 Å². The summed E-state index contributed by atoms with van der Waals surface area (Å²) in [6.45, 7) is 1.45. The van der Waals surface area contributed by atoms with Gasteiger partial charge in [-0.05, 0) is 45.0 Å². The lowest BCUT2D eigenvalue weighted by molar-refractivity contribution is 0.0843. The largest absolute Gasteiger partial charge is 0.455 e. The Morgan fingerprint density at radius 3 is 3.00 bits per heavy atom. The summed E-state index contributed by atoms with van der Waals surface area (Å²) in [6, 6.07) is 3.24. The summed E-state index contributed by atoms with van der Waals surface area (Å²) < 4.78 is 7.57. The highest BCUT2D eigenvalue weighted by atomic mass is 16.4. The van der Waals surface area contributed by atoms with Crippen LogP contribution < -0.4 is 5.32 Å². The van der Waals surface area contributed by atoms with Crippen LogP contribution in [-0.4, -0.2) is 51.7 Å². The molecule has 2 heterocycles. The average molecular weight is 332 g/mol. The quantitative estimate of drug-likeness (QED) is 0.828. The Hall–Kier alpha value is -2.12. The van der Waals surface area contributed by atoms with Crippen molar-refractivity contribution < 1.29 is 14.3 Å². The number of hydrogen-bond acceptors (Lipinski definition) is 5. The van der Waals surface area contributed by atoms with E-state index in [1.54, 1.807) is 18.6 Å². The molecule has 24 heavy (non-hydrogen) atoms. The Bertz CT molecular complexity index is 665. The fourth-order valence-corrected chi connectivity index (χ4v) is 3.25. The van der Waals surface area contributed by atoms with Crippen molar-refractivity contribution in [3.63, 3.8) is 0 Å². The van der Waals surface area contributed by atoms with Gasteiger partial charge in [-0.2, -0.15) is 0 Å². The van der Waals surface area contributed by atoms with Crippen molar-refractivity contribution in [1.82, 2.24) is 19.8 Å². The Morgan fingerprint density at radius 2 is 2.29 bits per heavy atom. The second kappa shape index (κ2) is 7.19. The molecule has 3 rings (SSSR count). The van der Waals surface area contributed by atoms with Crippen LogP contribution in [0.3, 0.4) is 0 Å². The van der Waals surface area contributed by atoms with Crippen LogP contribution in [0.4, 0.5) is 0 Å². The summed E-state index contributed by atoms with van der Waals surface area (Å²) in [4.78, 5) is 18.3. The minimum atomic E-state index is -0.529. The van der Waals surface area contributed by atoms with Gasteiger partial charge >= 0.3 is 0 Å². The van der Waals surface area contributed by atoms with Crippen molar-refractivity contribution in [3.05, 3.63) is 42.4 Å². The van der Waals surface area contributed by atoms with Crippen molar-refractivity contribution >= 4 is 5.91 Å². The summed E-state index contributed by atoms with van der Waals surface area (Å²) >= 11 is 0. The number of nitrogens with zero attached hydrogens (tertiary/aromatic N) is 3. The number of carbonyl (C=O) groups excluding carboxylic acids is 1. The second-order valence-electron chi connectivity index (χ2n) is 6.75. The first-order valence-corrected chi connectivity index (χ1v) is 8.19. The Kier molecular flexibility index (Phi) is 5.01. The lowest BCUT2D eigenvalue weighted by atomic mass is 10.1. The molecular formula is C17H24N4O3. The minimum Gasteiger partial charge on any atom is -0.455 e. The summed E-state index contributed by atoms with van der Waals surface area (Å²) in [7, 11) is 3.88. The van der Waals surface area contributed by atoms with Gasteiger partial charge in [-0.25, -0.2) is 4.98 Å². The zero-order chi connectivity index (χ0) is 17.1. The van der Waals surface area contributed by atoms with Crippen molar-refractivity contribution in [3.8, 4) is 0 Å². The molecular weight excluding hydrogens is 308 g/mol. The number of aliphatic hydroxyl groups is 1. The summed E-state index contributed by atoms with van der Waals surface area (Å²) in [5, 5.41) is 13.1. The maximum Gasteiger partial charge on any atom is 0.287 e. The van der Waals surface area contributed by atoms with E-state index >= 15 is 0 Å². The highest BCUT2D eigenvalue weighted by Crippen LogP contribution is 2.28. The zero-order valence-corrected chi connectivity index (χ0v) is 14.1. The number of aliphatic hydroxyl groups excluding tert-OH is 1. The summed E-state index contributed by atoms with van der Waals surface area (Å²) in [5.74, 6) is 1.08. The van der Waals surface area contributed by atoms with Gasteiger partial charge in [0.2, 0.25) is 0 Å². The van der Waals surface area contributed by atoms with Gasteiger partial charge in [0.1, 0.15) is 5.76 Å². The van der Waals surface area contributed by atoms with Crippen molar-refractivity contribution in [2.45, 2.75) is 38.1 Å². The number of aromatic nitrogens is 2. The number of furan rings is 1. The van der Waals surface area contributed by atoms with E-state index in [9.17, 15) is 9.90 Å². The number of imidazole rings is 1. The molecule has 0 aromatic carbocycles. The van der Waals surface area contributed by atoms with E-state index in [1.165, 1.54) is 0 Å². The van der Waals surface area contributed by atoms with Gasteiger partial charge in [-0.3, -0.25) is 4.79 Å². The molecule has 130 valence electrons. The first kappa shape index (κ1) is 16.7. The standard InChI is InChI=1S/C17H24N4O3/c1-20(2)10-13-3-4-16(24-13)17(23)19-14-7-12(8-15(14)22)9-21-6-5-18-11-21/h3-6,11-12,14-15,22H,7-10H2,1-2H3,(H,19,23)/t12?,14-,15-/m1/s1. The summed E-state index contributed by atoms with van der Waals surface area (Å²) in [6.07, 6.45) is 6.32. The molecule has 1 aliphatic rings. The van der Waals surface area contributed by atoms with Crippen LogP contribution in [0.1, 0.15) is 29.2 Å². The van der Waals surface area contributed by atoms with Crippen LogP contribution >= 0.6 is 0 Å². The Balaban J connectivity index is 1.55. The van der Waals surface area contributed by atoms with Gasteiger partial charge in [-0.15, -0.1) is 0 Å². The first-order chi connectivity index (χ1) is 11.5. The van der Waals surface area contributed by atoms with Gasteiger partial charge in [0.15, 0.2) is 5.76 Å². The second-order valence-corrected chi connectivity index (χ2v) is 6.75. The van der Waals surface area contributed by atoms with Gasteiger partial charge in [-0.1, -0.05) is 0 Å². The molecule has 7 nitrogen and oxygen atoms in total. The Morgan fingerprint density at radius 1 is 1.46 bits per heavy atom. The third-order valence-electron chi connectivity index (χ3n) is 4.33. The van der Waals surface area contributed by atoms with Crippen molar-refractivity contribution in [1.29, 1.82) is 0 Å². The highest BCUT2D eigenvalue weighted by Gasteiger charge is 2.34. The average Bonchev–Trinajstić information content (AvgIpc) is 3.22. The van der Waals surface area contributed by atoms with E-state index in [1.807, 2.05) is 35.8 Å². The molecule has 1 fully saturated rings. The van der Waals surface area contributed by atoms with Crippen LogP contribution in [0, 0.1) is 5.92 Å². The van der Waals surface area contributed by atoms with Crippen LogP contribution in [0.15, 0.2) is 35.3 Å². The van der Waals surface area contributed by atoms with Crippen LogP contribution in [-0.2, 0) is 13.1 Å². The van der Waals surface area contributed by atoms with Crippen molar-refractivity contribution in [2.24, 2.45) is 5.92 Å². The van der Waals surface area contributed by atoms with E-state index in [0.717, 1.165) is 18.7 Å². The molecule has 2 aromatic heterocycles. The van der Waals surface area contributed by atoms with E-state index < -0.39 is 6.10 Å². The highest BCUT2D eigenvalue weighted by molar-refractivity contribution is 5.91. The zero-order valence-electron chi connectivity index (χ0n) is 14.1. The lowest BCUT2D eigenvalue weighted by Gasteiger charge is -2.15. The molecule has 1 amide bonds. The van der Waals surface area contributed by atoms with Gasteiger partial charge in [0, 0.05) is 18.9 Å². The number of nitrogens with one attached hydrogen (secondary N) is 1. The number of carbonyl (C=O) groups is 1. The number of amides is 1. The fourth-order valence-electron chi connectivity index (χ4n) is 3.25. The van der Waals surface area contributed by atoms with E-state index in [2.05, 4.69) is 10.3 Å². The smallest absolute Gasteiger partial charge is 0.287 e. The normalized spacial score (nSPS) is 23.8. The van der Waals surface area contributed by atoms with Crippen molar-refractivity contribution in [2.75, 3.05) is 14.1 Å². The molecule has 2 aromatic rings. The SMILES string of the molecule is CN(C)Cc1ccc(C(=O)N[C@@H]2CC(Cn3ccnc3)C[C@H]2O)o1. The van der Waals surface area contributed by atoms with Crippen LogP contribution in [0.25, 0.3) is 0 Å². The molecule has 0 saturated heterocycles. The topological polar surface area (TPSA) is 83.5 Å². The Labute approximate surface area is 141 Å². The molecule has 0 radical (unpaired) electrons. The van der Waals surface area contributed by atoms with E-state index in [0.29, 0.717) is 18.9 Å². The molecule has 1 unspecified atom stereocenters. The monoisotopic (exact) mass is 332 g/mol. The fraction of sp³-hybridized carbons (Fsp3) is 0.529. The predicted octanol–water partition coefficient (Wildman–Crippen LogP) is 1.11. The molecule has 1 aliphatic carbocycles. The predicted molar refractivity (Wildman–Crippen MR) is 88.3 cm³/mol. The number of rotatable bonds is 6.